The molecule has 4 nitrogen and oxygen atoms in total. The van der Waals surface area contributed by atoms with Crippen LogP contribution in [-0.4, -0.2) is 68.3 Å². The minimum Gasteiger partial charge on any atom is -0.381 e. The summed E-state index contributed by atoms with van der Waals surface area (Å²) in [6.45, 7) is 5.10. The molecule has 0 amide bonds. The summed E-state index contributed by atoms with van der Waals surface area (Å²) in [7, 11) is 4.36. The van der Waals surface area contributed by atoms with Gasteiger partial charge in [-0.2, -0.15) is 0 Å². The molecule has 1 atom stereocenters. The van der Waals surface area contributed by atoms with Crippen LogP contribution in [0.1, 0.15) is 25.7 Å². The Hall–Kier alpha value is -0.160. The number of rotatable bonds is 3. The van der Waals surface area contributed by atoms with Gasteiger partial charge < -0.3 is 15.4 Å². The lowest BCUT2D eigenvalue weighted by Crippen LogP contribution is -2.56. The Morgan fingerprint density at radius 1 is 1.35 bits per heavy atom. The molecule has 0 saturated carbocycles. The third-order valence-corrected chi connectivity index (χ3v) is 4.24. The predicted octanol–water partition coefficient (Wildman–Crippen LogP) is 0.520. The maximum atomic E-state index is 6.48. The number of piperidine rings is 1. The average molecular weight is 241 g/mol. The van der Waals surface area contributed by atoms with Crippen LogP contribution in [0.4, 0.5) is 0 Å². The average Bonchev–Trinajstić information content (AvgIpc) is 2.29. The van der Waals surface area contributed by atoms with Gasteiger partial charge in [0.1, 0.15) is 0 Å². The molecule has 2 fully saturated rings. The largest absolute Gasteiger partial charge is 0.381 e. The van der Waals surface area contributed by atoms with Crippen molar-refractivity contribution in [1.29, 1.82) is 0 Å². The second-order valence-electron chi connectivity index (χ2n) is 5.97. The van der Waals surface area contributed by atoms with E-state index >= 15 is 0 Å². The van der Waals surface area contributed by atoms with Crippen molar-refractivity contribution in [2.24, 2.45) is 5.73 Å². The summed E-state index contributed by atoms with van der Waals surface area (Å²) in [5, 5.41) is 0. The standard InChI is InChI=1S/C13H27N3O/c1-15(2)12-4-3-7-16(10-12)11-13(14)5-8-17-9-6-13/h12H,3-11,14H2,1-2H3. The van der Waals surface area contributed by atoms with Crippen molar-refractivity contribution in [3.63, 3.8) is 0 Å². The molecule has 0 bridgehead atoms. The Balaban J connectivity index is 1.85. The molecule has 2 aliphatic heterocycles. The van der Waals surface area contributed by atoms with E-state index in [0.717, 1.165) is 32.6 Å². The van der Waals surface area contributed by atoms with Crippen LogP contribution in [0.2, 0.25) is 0 Å². The fraction of sp³-hybridized carbons (Fsp3) is 1.00. The fourth-order valence-electron chi connectivity index (χ4n) is 2.98. The van der Waals surface area contributed by atoms with Crippen LogP contribution < -0.4 is 5.73 Å². The summed E-state index contributed by atoms with van der Waals surface area (Å²) in [6, 6.07) is 0.701. The summed E-state index contributed by atoms with van der Waals surface area (Å²) in [6.07, 6.45) is 4.64. The van der Waals surface area contributed by atoms with E-state index in [1.807, 2.05) is 0 Å². The first-order valence-electron chi connectivity index (χ1n) is 6.84. The van der Waals surface area contributed by atoms with Crippen molar-refractivity contribution in [3.8, 4) is 0 Å². The molecular formula is C13H27N3O. The van der Waals surface area contributed by atoms with Gasteiger partial charge in [0.25, 0.3) is 0 Å². The van der Waals surface area contributed by atoms with Crippen LogP contribution in [0.25, 0.3) is 0 Å². The van der Waals surface area contributed by atoms with E-state index in [0.29, 0.717) is 6.04 Å². The van der Waals surface area contributed by atoms with Crippen LogP contribution in [-0.2, 0) is 4.74 Å². The van der Waals surface area contributed by atoms with E-state index in [1.54, 1.807) is 0 Å². The van der Waals surface area contributed by atoms with Crippen molar-refractivity contribution in [2.45, 2.75) is 37.3 Å². The maximum absolute atomic E-state index is 6.48. The Labute approximate surface area is 105 Å². The second kappa shape index (κ2) is 5.65. The monoisotopic (exact) mass is 241 g/mol. The highest BCUT2D eigenvalue weighted by Crippen LogP contribution is 2.22. The minimum atomic E-state index is -0.00749. The number of ether oxygens (including phenoxy) is 1. The summed E-state index contributed by atoms with van der Waals surface area (Å²) in [5.41, 5.74) is 6.47. The zero-order chi connectivity index (χ0) is 12.3. The Morgan fingerprint density at radius 2 is 2.06 bits per heavy atom. The van der Waals surface area contributed by atoms with Crippen molar-refractivity contribution < 1.29 is 4.74 Å². The Morgan fingerprint density at radius 3 is 2.71 bits per heavy atom. The van der Waals surface area contributed by atoms with Crippen LogP contribution in [0.3, 0.4) is 0 Å². The van der Waals surface area contributed by atoms with E-state index in [-0.39, 0.29) is 5.54 Å². The molecule has 2 rings (SSSR count). The van der Waals surface area contributed by atoms with Gasteiger partial charge >= 0.3 is 0 Å². The summed E-state index contributed by atoms with van der Waals surface area (Å²) >= 11 is 0. The van der Waals surface area contributed by atoms with E-state index in [9.17, 15) is 0 Å². The maximum Gasteiger partial charge on any atom is 0.0484 e. The minimum absolute atomic E-state index is 0.00749. The SMILES string of the molecule is CN(C)C1CCCN(CC2(N)CCOCC2)C1. The van der Waals surface area contributed by atoms with Gasteiger partial charge in [-0.05, 0) is 46.3 Å². The zero-order valence-corrected chi connectivity index (χ0v) is 11.3. The van der Waals surface area contributed by atoms with E-state index in [2.05, 4.69) is 23.9 Å². The van der Waals surface area contributed by atoms with Crippen LogP contribution in [0.15, 0.2) is 0 Å². The van der Waals surface area contributed by atoms with Crippen LogP contribution in [0, 0.1) is 0 Å². The van der Waals surface area contributed by atoms with E-state index in [1.165, 1.54) is 25.9 Å². The molecule has 2 heterocycles. The van der Waals surface area contributed by atoms with E-state index < -0.39 is 0 Å². The van der Waals surface area contributed by atoms with Gasteiger partial charge in [-0.1, -0.05) is 0 Å². The van der Waals surface area contributed by atoms with Gasteiger partial charge in [0.05, 0.1) is 0 Å². The molecule has 0 aromatic carbocycles. The summed E-state index contributed by atoms with van der Waals surface area (Å²) < 4.78 is 5.41. The zero-order valence-electron chi connectivity index (χ0n) is 11.3. The molecule has 0 aromatic rings. The molecule has 1 unspecified atom stereocenters. The molecule has 0 aliphatic carbocycles. The van der Waals surface area contributed by atoms with Crippen molar-refractivity contribution in [1.82, 2.24) is 9.80 Å². The molecule has 0 radical (unpaired) electrons. The summed E-state index contributed by atoms with van der Waals surface area (Å²) in [4.78, 5) is 4.90. The first-order valence-corrected chi connectivity index (χ1v) is 6.84. The quantitative estimate of drug-likeness (QED) is 0.782. The normalized spacial score (nSPS) is 30.7. The van der Waals surface area contributed by atoms with Gasteiger partial charge in [0.15, 0.2) is 0 Å². The Kier molecular flexibility index (Phi) is 4.42. The first kappa shape index (κ1) is 13.3. The number of hydrogen-bond acceptors (Lipinski definition) is 4. The summed E-state index contributed by atoms with van der Waals surface area (Å²) in [5.74, 6) is 0. The molecule has 100 valence electrons. The first-order chi connectivity index (χ1) is 8.09. The fourth-order valence-corrected chi connectivity index (χ4v) is 2.98. The molecule has 0 spiro atoms. The van der Waals surface area contributed by atoms with Gasteiger partial charge in [0.2, 0.25) is 0 Å². The van der Waals surface area contributed by atoms with Crippen LogP contribution >= 0.6 is 0 Å². The highest BCUT2D eigenvalue weighted by molar-refractivity contribution is 4.91. The predicted molar refractivity (Wildman–Crippen MR) is 70.1 cm³/mol. The van der Waals surface area contributed by atoms with Crippen molar-refractivity contribution in [2.75, 3.05) is 46.9 Å². The molecule has 2 saturated heterocycles. The second-order valence-corrected chi connectivity index (χ2v) is 5.97. The lowest BCUT2D eigenvalue weighted by atomic mass is 9.89. The highest BCUT2D eigenvalue weighted by atomic mass is 16.5. The third-order valence-electron chi connectivity index (χ3n) is 4.24. The van der Waals surface area contributed by atoms with Crippen molar-refractivity contribution in [3.05, 3.63) is 0 Å². The Bertz CT molecular complexity index is 239. The molecule has 4 heteroatoms. The lowest BCUT2D eigenvalue weighted by Gasteiger charge is -2.42. The molecule has 17 heavy (non-hydrogen) atoms. The lowest BCUT2D eigenvalue weighted by molar-refractivity contribution is 0.0277. The molecule has 2 N–H and O–H groups in total. The molecular weight excluding hydrogens is 214 g/mol. The number of nitrogens with two attached hydrogens (primary N) is 1. The molecule has 2 aliphatic rings. The smallest absolute Gasteiger partial charge is 0.0484 e. The third kappa shape index (κ3) is 3.65. The molecule has 0 aromatic heterocycles. The van der Waals surface area contributed by atoms with Gasteiger partial charge in [-0.25, -0.2) is 0 Å². The highest BCUT2D eigenvalue weighted by Gasteiger charge is 2.32. The van der Waals surface area contributed by atoms with Gasteiger partial charge in [-0.3, -0.25) is 4.90 Å². The van der Waals surface area contributed by atoms with Gasteiger partial charge in [0, 0.05) is 37.9 Å². The topological polar surface area (TPSA) is 41.7 Å². The van der Waals surface area contributed by atoms with Crippen molar-refractivity contribution >= 4 is 0 Å². The number of nitrogens with zero attached hydrogens (tertiary/aromatic N) is 2. The van der Waals surface area contributed by atoms with Crippen LogP contribution in [0.5, 0.6) is 0 Å². The van der Waals surface area contributed by atoms with Gasteiger partial charge in [-0.15, -0.1) is 0 Å². The number of likely N-dealkylation sites (N-methyl/N-ethyl adjacent to an activating group) is 1. The number of likely N-dealkylation sites (tertiary alicyclic amines) is 1. The number of hydrogen-bond donors (Lipinski definition) is 1. The van der Waals surface area contributed by atoms with E-state index in [4.69, 9.17) is 10.5 Å².